The van der Waals surface area contributed by atoms with Crippen LogP contribution in [0.2, 0.25) is 5.28 Å². The lowest BCUT2D eigenvalue weighted by Gasteiger charge is -2.23. The number of hydrogen-bond donors (Lipinski definition) is 4. The number of carbonyl (C=O) groups is 1. The Hall–Kier alpha value is -2.75. The van der Waals surface area contributed by atoms with Gasteiger partial charge in [0.05, 0.1) is 23.9 Å². The zero-order valence-electron chi connectivity index (χ0n) is 17.1. The van der Waals surface area contributed by atoms with Crippen LogP contribution in [-0.2, 0) is 11.3 Å². The number of nitrogens with zero attached hydrogens (tertiary/aromatic N) is 4. The maximum atomic E-state index is 12.4. The first kappa shape index (κ1) is 20.2. The van der Waals surface area contributed by atoms with Gasteiger partial charge in [0, 0.05) is 19.5 Å². The second-order valence-corrected chi connectivity index (χ2v) is 8.70. The zero-order valence-corrected chi connectivity index (χ0v) is 17.8. The van der Waals surface area contributed by atoms with E-state index in [9.17, 15) is 15.0 Å². The first-order valence-electron chi connectivity index (χ1n) is 10.1. The minimum absolute atomic E-state index is 0.0439. The first-order valence-corrected chi connectivity index (χ1v) is 10.5. The van der Waals surface area contributed by atoms with E-state index < -0.39 is 23.7 Å². The number of halogens is 1. The number of fused-ring (bicyclic) bond motifs is 2. The van der Waals surface area contributed by atoms with Crippen LogP contribution in [0.15, 0.2) is 30.6 Å². The Balaban J connectivity index is 1.49. The van der Waals surface area contributed by atoms with Crippen molar-refractivity contribution in [2.24, 2.45) is 11.3 Å². The molecule has 2 aliphatic carbocycles. The number of aromatic nitrogens is 4. The van der Waals surface area contributed by atoms with Crippen LogP contribution in [0.3, 0.4) is 0 Å². The van der Waals surface area contributed by atoms with Crippen molar-refractivity contribution < 1.29 is 15.0 Å². The Labute approximate surface area is 183 Å². The topological polar surface area (TPSA) is 125 Å². The number of aliphatic hydroxyl groups is 2. The normalized spacial score (nSPS) is 29.1. The number of aryl methyl sites for hydroxylation is 1. The van der Waals surface area contributed by atoms with Crippen LogP contribution in [0.1, 0.15) is 23.6 Å². The monoisotopic (exact) mass is 442 g/mol. The van der Waals surface area contributed by atoms with Gasteiger partial charge in [0.1, 0.15) is 6.10 Å². The Morgan fingerprint density at radius 2 is 2.16 bits per heavy atom. The van der Waals surface area contributed by atoms with Crippen LogP contribution < -0.4 is 10.6 Å². The van der Waals surface area contributed by atoms with Crippen molar-refractivity contribution in [3.05, 3.63) is 47.0 Å². The summed E-state index contributed by atoms with van der Waals surface area (Å²) in [6.45, 7) is 2.56. The number of nitrogens with one attached hydrogen (secondary N) is 2. The number of benzene rings is 1. The highest BCUT2D eigenvalue weighted by Gasteiger charge is 2.75. The fourth-order valence-electron chi connectivity index (χ4n) is 5.03. The second kappa shape index (κ2) is 7.15. The quantitative estimate of drug-likeness (QED) is 0.440. The Bertz CT molecular complexity index is 1180. The molecule has 1 amide bonds. The van der Waals surface area contributed by atoms with Gasteiger partial charge in [0.2, 0.25) is 11.2 Å². The lowest BCUT2D eigenvalue weighted by molar-refractivity contribution is -0.132. The molecule has 2 aromatic heterocycles. The summed E-state index contributed by atoms with van der Waals surface area (Å²) in [7, 11) is 1.53. The molecule has 0 bridgehead atoms. The summed E-state index contributed by atoms with van der Waals surface area (Å²) in [5.74, 6) is 0.00749. The van der Waals surface area contributed by atoms with Crippen LogP contribution in [0.4, 0.5) is 5.82 Å². The number of aliphatic hydroxyl groups excluding tert-OH is 2. The van der Waals surface area contributed by atoms with E-state index >= 15 is 0 Å². The molecule has 0 aliphatic heterocycles. The van der Waals surface area contributed by atoms with Crippen molar-refractivity contribution in [3.8, 4) is 0 Å². The molecule has 5 atom stereocenters. The maximum Gasteiger partial charge on any atom is 0.229 e. The Kier molecular flexibility index (Phi) is 4.65. The molecule has 2 aliphatic rings. The summed E-state index contributed by atoms with van der Waals surface area (Å²) >= 11 is 6.20. The molecule has 0 spiro atoms. The lowest BCUT2D eigenvalue weighted by Crippen LogP contribution is -2.41. The van der Waals surface area contributed by atoms with Crippen molar-refractivity contribution in [2.45, 2.75) is 38.1 Å². The predicted molar refractivity (Wildman–Crippen MR) is 114 cm³/mol. The third-order valence-corrected chi connectivity index (χ3v) is 6.75. The standard InChI is InChI=1S/C21H23ClN6O3/c1-10-4-3-5-11(6-10)8-24-17-13-18(27-20(22)26-17)28(9-25-13)14-12-7-21(12,19(31)23-2)16(30)15(14)29/h3-6,9,12,14-16,29-30H,7-8H2,1-2H3,(H,23,31)(H,24,26,27)/t12-,14+,15-,16-,21+/m0/s1. The molecule has 1 aromatic carbocycles. The van der Waals surface area contributed by atoms with Crippen LogP contribution in [-0.4, -0.2) is 54.9 Å². The average molecular weight is 443 g/mol. The molecule has 2 heterocycles. The number of rotatable bonds is 5. The third-order valence-electron chi connectivity index (χ3n) is 6.58. The molecule has 0 saturated heterocycles. The van der Waals surface area contributed by atoms with Crippen molar-refractivity contribution in [2.75, 3.05) is 12.4 Å². The average Bonchev–Trinajstić information content (AvgIpc) is 3.29. The van der Waals surface area contributed by atoms with Crippen molar-refractivity contribution >= 4 is 34.5 Å². The second-order valence-electron chi connectivity index (χ2n) is 8.36. The van der Waals surface area contributed by atoms with E-state index in [0.717, 1.165) is 11.1 Å². The summed E-state index contributed by atoms with van der Waals surface area (Å²) in [5.41, 5.74) is 2.23. The number of hydrogen-bond acceptors (Lipinski definition) is 7. The van der Waals surface area contributed by atoms with Gasteiger partial charge >= 0.3 is 0 Å². The molecule has 2 saturated carbocycles. The molecule has 2 fully saturated rings. The molecule has 10 heteroatoms. The smallest absolute Gasteiger partial charge is 0.229 e. The fourth-order valence-corrected chi connectivity index (χ4v) is 5.19. The van der Waals surface area contributed by atoms with Crippen molar-refractivity contribution in [1.29, 1.82) is 0 Å². The van der Waals surface area contributed by atoms with Crippen LogP contribution in [0.25, 0.3) is 11.2 Å². The summed E-state index contributed by atoms with van der Waals surface area (Å²) in [6, 6.07) is 7.58. The van der Waals surface area contributed by atoms with E-state index in [1.807, 2.05) is 25.1 Å². The van der Waals surface area contributed by atoms with E-state index in [2.05, 4.69) is 31.7 Å². The van der Waals surface area contributed by atoms with Gasteiger partial charge in [-0.05, 0) is 30.5 Å². The van der Waals surface area contributed by atoms with Crippen molar-refractivity contribution in [3.63, 3.8) is 0 Å². The molecule has 0 radical (unpaired) electrons. The Morgan fingerprint density at radius 1 is 1.35 bits per heavy atom. The van der Waals surface area contributed by atoms with Crippen LogP contribution in [0.5, 0.6) is 0 Å². The van der Waals surface area contributed by atoms with Gasteiger partial charge < -0.3 is 25.4 Å². The van der Waals surface area contributed by atoms with Gasteiger partial charge in [-0.3, -0.25) is 4.79 Å². The number of amides is 1. The maximum absolute atomic E-state index is 12.4. The fraction of sp³-hybridized carbons (Fsp3) is 0.429. The summed E-state index contributed by atoms with van der Waals surface area (Å²) < 4.78 is 1.71. The molecule has 0 unspecified atom stereocenters. The summed E-state index contributed by atoms with van der Waals surface area (Å²) in [6.07, 6.45) is -0.221. The van der Waals surface area contributed by atoms with Gasteiger partial charge in [-0.25, -0.2) is 4.98 Å². The van der Waals surface area contributed by atoms with Gasteiger partial charge in [-0.2, -0.15) is 9.97 Å². The van der Waals surface area contributed by atoms with Crippen LogP contribution in [0, 0.1) is 18.3 Å². The predicted octanol–water partition coefficient (Wildman–Crippen LogP) is 1.43. The lowest BCUT2D eigenvalue weighted by atomic mass is 9.98. The van der Waals surface area contributed by atoms with E-state index in [4.69, 9.17) is 11.6 Å². The highest BCUT2D eigenvalue weighted by molar-refractivity contribution is 6.28. The van der Waals surface area contributed by atoms with Gasteiger partial charge in [0.25, 0.3) is 0 Å². The molecular weight excluding hydrogens is 420 g/mol. The SMILES string of the molecule is CNC(=O)[C@]12C[C@H]1[C@@H](n1cnc3c(NCc4cccc(C)c4)nc(Cl)nc31)[C@H](O)[C@@H]2O. The zero-order chi connectivity index (χ0) is 21.9. The summed E-state index contributed by atoms with van der Waals surface area (Å²) in [5, 5.41) is 27.3. The summed E-state index contributed by atoms with van der Waals surface area (Å²) in [4.78, 5) is 25.5. The molecule has 31 heavy (non-hydrogen) atoms. The molecule has 3 aromatic rings. The highest BCUT2D eigenvalue weighted by atomic mass is 35.5. The molecule has 5 rings (SSSR count). The minimum Gasteiger partial charge on any atom is -0.389 e. The van der Waals surface area contributed by atoms with Crippen LogP contribution >= 0.6 is 11.6 Å². The van der Waals surface area contributed by atoms with E-state index in [1.54, 1.807) is 10.9 Å². The number of anilines is 1. The highest BCUT2D eigenvalue weighted by Crippen LogP contribution is 2.67. The van der Waals surface area contributed by atoms with Crippen molar-refractivity contribution in [1.82, 2.24) is 24.8 Å². The first-order chi connectivity index (χ1) is 14.9. The molecule has 162 valence electrons. The van der Waals surface area contributed by atoms with Gasteiger partial charge in [0.15, 0.2) is 17.0 Å². The van der Waals surface area contributed by atoms with E-state index in [1.165, 1.54) is 7.05 Å². The third kappa shape index (κ3) is 2.99. The largest absolute Gasteiger partial charge is 0.389 e. The number of imidazole rings is 1. The molecule has 4 N–H and O–H groups in total. The van der Waals surface area contributed by atoms with E-state index in [0.29, 0.717) is 29.9 Å². The molecule has 9 nitrogen and oxygen atoms in total. The van der Waals surface area contributed by atoms with Gasteiger partial charge in [-0.1, -0.05) is 29.8 Å². The van der Waals surface area contributed by atoms with E-state index in [-0.39, 0.29) is 17.1 Å². The number of carbonyl (C=O) groups excluding carboxylic acids is 1. The Morgan fingerprint density at radius 3 is 2.90 bits per heavy atom. The molecular formula is C21H23ClN6O3. The minimum atomic E-state index is -1.16. The van der Waals surface area contributed by atoms with Gasteiger partial charge in [-0.15, -0.1) is 0 Å².